The first-order valence-electron chi connectivity index (χ1n) is 9.02. The predicted molar refractivity (Wildman–Crippen MR) is 106 cm³/mol. The van der Waals surface area contributed by atoms with E-state index in [0.717, 1.165) is 30.4 Å². The van der Waals surface area contributed by atoms with Gasteiger partial charge in [0.1, 0.15) is 13.0 Å². The number of hydrogen-bond donors (Lipinski definition) is 0. The van der Waals surface area contributed by atoms with Gasteiger partial charge in [0.2, 0.25) is 0 Å². The van der Waals surface area contributed by atoms with Crippen molar-refractivity contribution in [2.45, 2.75) is 58.2 Å². The molecule has 134 valence electrons. The molecule has 1 saturated carbocycles. The van der Waals surface area contributed by atoms with Gasteiger partial charge in [-0.1, -0.05) is 38.9 Å². The Labute approximate surface area is 150 Å². The molecule has 0 saturated heterocycles. The van der Waals surface area contributed by atoms with Gasteiger partial charge in [0, 0.05) is 6.42 Å². The lowest BCUT2D eigenvalue weighted by atomic mass is 9.90. The molecule has 1 fully saturated rings. The quantitative estimate of drug-likeness (QED) is 0.315. The summed E-state index contributed by atoms with van der Waals surface area (Å²) < 4.78 is 19.2. The van der Waals surface area contributed by atoms with Crippen LogP contribution in [0.5, 0.6) is 0 Å². The van der Waals surface area contributed by atoms with Crippen LogP contribution in [0, 0.1) is 11.7 Å². The van der Waals surface area contributed by atoms with Gasteiger partial charge in [-0.3, -0.25) is 0 Å². The standard InChI is InChI=1S/C19H30FNOSSi/c1-24(2,3)23-14-13-19(21-18-11-9-17(20)10-12-18)22-15-16-7-5-4-6-8-16/h9-12,16H,4-8,13-15H2,1-3H3. The minimum atomic E-state index is -1.12. The number of aliphatic imine (C=N–C) groups is 1. The second kappa shape index (κ2) is 9.61. The molecule has 0 unspecified atom stereocenters. The van der Waals surface area contributed by atoms with Crippen LogP contribution in [0.2, 0.25) is 19.6 Å². The maximum absolute atomic E-state index is 13.1. The first-order valence-corrected chi connectivity index (χ1v) is 14.2. The topological polar surface area (TPSA) is 21.6 Å². The van der Waals surface area contributed by atoms with E-state index in [1.165, 1.54) is 44.2 Å². The van der Waals surface area contributed by atoms with E-state index in [-0.39, 0.29) is 5.82 Å². The van der Waals surface area contributed by atoms with E-state index in [1.807, 2.05) is 0 Å². The Kier molecular flexibility index (Phi) is 7.82. The van der Waals surface area contributed by atoms with Crippen LogP contribution in [0.25, 0.3) is 0 Å². The van der Waals surface area contributed by atoms with Crippen molar-refractivity contribution >= 4 is 30.0 Å². The lowest BCUT2D eigenvalue weighted by Crippen LogP contribution is -2.19. The van der Waals surface area contributed by atoms with Crippen LogP contribution in [-0.4, -0.2) is 25.5 Å². The molecule has 0 aliphatic heterocycles. The zero-order chi connectivity index (χ0) is 17.4. The van der Waals surface area contributed by atoms with Crippen molar-refractivity contribution in [3.8, 4) is 0 Å². The summed E-state index contributed by atoms with van der Waals surface area (Å²) in [5.74, 6) is 2.29. The van der Waals surface area contributed by atoms with E-state index in [2.05, 4.69) is 35.8 Å². The van der Waals surface area contributed by atoms with Crippen LogP contribution >= 0.6 is 11.2 Å². The molecule has 0 amide bonds. The van der Waals surface area contributed by atoms with Gasteiger partial charge in [0.05, 0.1) is 12.3 Å². The second-order valence-electron chi connectivity index (χ2n) is 7.51. The first kappa shape index (κ1) is 19.5. The molecule has 0 bridgehead atoms. The van der Waals surface area contributed by atoms with Crippen LogP contribution in [0.15, 0.2) is 29.3 Å². The third kappa shape index (κ3) is 7.84. The Morgan fingerprint density at radius 3 is 2.46 bits per heavy atom. The van der Waals surface area contributed by atoms with Crippen molar-refractivity contribution in [2.75, 3.05) is 12.4 Å². The van der Waals surface area contributed by atoms with Crippen LogP contribution < -0.4 is 0 Å². The number of ether oxygens (including phenoxy) is 1. The zero-order valence-corrected chi connectivity index (χ0v) is 17.0. The number of hydrogen-bond acceptors (Lipinski definition) is 3. The lowest BCUT2D eigenvalue weighted by molar-refractivity contribution is 0.196. The molecular formula is C19H30FNOSSi. The summed E-state index contributed by atoms with van der Waals surface area (Å²) in [7, 11) is -1.12. The maximum Gasteiger partial charge on any atom is 0.189 e. The molecule has 2 nitrogen and oxygen atoms in total. The van der Waals surface area contributed by atoms with Gasteiger partial charge >= 0.3 is 0 Å². The highest BCUT2D eigenvalue weighted by molar-refractivity contribution is 8.28. The summed E-state index contributed by atoms with van der Waals surface area (Å²) in [4.78, 5) is 4.63. The van der Waals surface area contributed by atoms with Crippen molar-refractivity contribution in [3.05, 3.63) is 30.1 Å². The second-order valence-corrected chi connectivity index (χ2v) is 17.0. The summed E-state index contributed by atoms with van der Waals surface area (Å²) >= 11 is 2.05. The van der Waals surface area contributed by atoms with Gasteiger partial charge in [-0.25, -0.2) is 9.38 Å². The number of benzene rings is 1. The van der Waals surface area contributed by atoms with E-state index in [9.17, 15) is 4.39 Å². The number of rotatable bonds is 7. The van der Waals surface area contributed by atoms with E-state index in [1.54, 1.807) is 12.1 Å². The molecule has 0 radical (unpaired) electrons. The normalized spacial score (nSPS) is 17.1. The van der Waals surface area contributed by atoms with Crippen molar-refractivity contribution in [1.82, 2.24) is 0 Å². The average molecular weight is 368 g/mol. The molecule has 1 aliphatic rings. The molecule has 1 aromatic carbocycles. The molecule has 0 heterocycles. The highest BCUT2D eigenvalue weighted by Crippen LogP contribution is 2.25. The molecule has 0 spiro atoms. The predicted octanol–water partition coefficient (Wildman–Crippen LogP) is 6.41. The Hall–Kier alpha value is -0.813. The first-order chi connectivity index (χ1) is 11.4. The molecule has 0 atom stereocenters. The average Bonchev–Trinajstić information content (AvgIpc) is 2.54. The summed E-state index contributed by atoms with van der Waals surface area (Å²) in [5, 5.41) is 0. The fraction of sp³-hybridized carbons (Fsp3) is 0.632. The zero-order valence-electron chi connectivity index (χ0n) is 15.2. The minimum absolute atomic E-state index is 0.229. The third-order valence-electron chi connectivity index (χ3n) is 4.14. The van der Waals surface area contributed by atoms with Crippen molar-refractivity contribution in [1.29, 1.82) is 0 Å². The van der Waals surface area contributed by atoms with Crippen LogP contribution in [0.4, 0.5) is 10.1 Å². The fourth-order valence-corrected chi connectivity index (χ4v) is 5.86. The van der Waals surface area contributed by atoms with Gasteiger partial charge < -0.3 is 4.74 Å². The molecule has 24 heavy (non-hydrogen) atoms. The highest BCUT2D eigenvalue weighted by Gasteiger charge is 2.17. The van der Waals surface area contributed by atoms with E-state index >= 15 is 0 Å². The molecular weight excluding hydrogens is 337 g/mol. The van der Waals surface area contributed by atoms with Crippen LogP contribution in [0.1, 0.15) is 38.5 Å². The highest BCUT2D eigenvalue weighted by atomic mass is 32.4. The van der Waals surface area contributed by atoms with Gasteiger partial charge in [-0.2, -0.15) is 11.2 Å². The summed E-state index contributed by atoms with van der Waals surface area (Å²) in [6.07, 6.45) is 7.40. The fourth-order valence-electron chi connectivity index (χ4n) is 2.83. The summed E-state index contributed by atoms with van der Waals surface area (Å²) in [6, 6.07) is 6.33. The van der Waals surface area contributed by atoms with Crippen molar-refractivity contribution in [3.63, 3.8) is 0 Å². The van der Waals surface area contributed by atoms with E-state index in [0.29, 0.717) is 5.92 Å². The third-order valence-corrected chi connectivity index (χ3v) is 8.63. The Morgan fingerprint density at radius 1 is 1.17 bits per heavy atom. The van der Waals surface area contributed by atoms with Crippen LogP contribution in [0.3, 0.4) is 0 Å². The van der Waals surface area contributed by atoms with E-state index in [4.69, 9.17) is 4.74 Å². The van der Waals surface area contributed by atoms with Gasteiger partial charge in [0.25, 0.3) is 0 Å². The molecule has 0 N–H and O–H groups in total. The van der Waals surface area contributed by atoms with Crippen molar-refractivity contribution in [2.24, 2.45) is 10.9 Å². The molecule has 1 aliphatic carbocycles. The number of nitrogens with zero attached hydrogens (tertiary/aromatic N) is 1. The maximum atomic E-state index is 13.1. The Balaban J connectivity index is 1.95. The monoisotopic (exact) mass is 367 g/mol. The van der Waals surface area contributed by atoms with Gasteiger partial charge in [0.15, 0.2) is 5.90 Å². The SMILES string of the molecule is C[Si](C)(C)SCCC(=Nc1ccc(F)cc1)OCC1CCCCC1. The molecule has 0 aromatic heterocycles. The molecule has 1 aromatic rings. The molecule has 2 rings (SSSR count). The van der Waals surface area contributed by atoms with Gasteiger partial charge in [-0.15, -0.1) is 0 Å². The lowest BCUT2D eigenvalue weighted by Gasteiger charge is -2.22. The van der Waals surface area contributed by atoms with Crippen molar-refractivity contribution < 1.29 is 9.13 Å². The Bertz CT molecular complexity index is 521. The minimum Gasteiger partial charge on any atom is -0.480 e. The number of halogens is 1. The van der Waals surface area contributed by atoms with Crippen LogP contribution in [-0.2, 0) is 4.74 Å². The Morgan fingerprint density at radius 2 is 1.83 bits per heavy atom. The summed E-state index contributed by atoms with van der Waals surface area (Å²) in [6.45, 7) is 7.85. The molecule has 5 heteroatoms. The largest absolute Gasteiger partial charge is 0.480 e. The smallest absolute Gasteiger partial charge is 0.189 e. The summed E-state index contributed by atoms with van der Waals surface area (Å²) in [5.41, 5.74) is 0.771. The van der Waals surface area contributed by atoms with Gasteiger partial charge in [-0.05, 0) is 48.8 Å². The van der Waals surface area contributed by atoms with E-state index < -0.39 is 7.22 Å².